The molecule has 0 aliphatic heterocycles. The highest BCUT2D eigenvalue weighted by Gasteiger charge is 2.28. The Morgan fingerprint density at radius 2 is 2.07 bits per heavy atom. The van der Waals surface area contributed by atoms with E-state index in [9.17, 15) is 14.0 Å². The number of hydrogen-bond acceptors (Lipinski definition) is 4. The molecule has 9 heteroatoms. The Hall–Kier alpha value is -3.49. The van der Waals surface area contributed by atoms with E-state index >= 15 is 0 Å². The van der Waals surface area contributed by atoms with Crippen molar-refractivity contribution in [1.82, 2.24) is 19.6 Å². The molecule has 4 rings (SSSR count). The average Bonchev–Trinajstić information content (AvgIpc) is 3.31. The first-order chi connectivity index (χ1) is 13.4. The van der Waals surface area contributed by atoms with E-state index in [0.29, 0.717) is 12.1 Å². The van der Waals surface area contributed by atoms with E-state index in [1.807, 2.05) is 6.92 Å². The molecule has 2 aromatic heterocycles. The lowest BCUT2D eigenvalue weighted by Gasteiger charge is -2.07. The summed E-state index contributed by atoms with van der Waals surface area (Å²) in [6, 6.07) is 6.41. The van der Waals surface area contributed by atoms with Crippen LogP contribution in [0.1, 0.15) is 33.7 Å². The van der Waals surface area contributed by atoms with Crippen LogP contribution < -0.4 is 5.32 Å². The van der Waals surface area contributed by atoms with Gasteiger partial charge in [-0.3, -0.25) is 14.3 Å². The summed E-state index contributed by atoms with van der Waals surface area (Å²) in [6.45, 7) is 1.51. The number of nitrogens with zero attached hydrogens (tertiary/aromatic N) is 4. The van der Waals surface area contributed by atoms with Gasteiger partial charge >= 0.3 is 5.97 Å². The predicted molar refractivity (Wildman–Crippen MR) is 98.1 cm³/mol. The summed E-state index contributed by atoms with van der Waals surface area (Å²) >= 11 is 0. The number of aryl methyl sites for hydroxylation is 1. The summed E-state index contributed by atoms with van der Waals surface area (Å²) in [6.07, 6.45) is 3.75. The van der Waals surface area contributed by atoms with E-state index in [1.54, 1.807) is 12.1 Å². The number of amides is 1. The van der Waals surface area contributed by atoms with Crippen LogP contribution in [0.5, 0.6) is 0 Å². The standard InChI is InChI=1S/C19H18FN5O3/c1-11-5-6-15(13(20)9-11)25-14-4-2-3-12(14)18(23-25)19(28)21-16-7-8-24(22-16)10-17(26)27/h5-9H,2-4,10H2,1H3,(H,26,27)(H,21,22,28). The number of rotatable bonds is 5. The third-order valence-corrected chi connectivity index (χ3v) is 4.66. The van der Waals surface area contributed by atoms with Gasteiger partial charge in [-0.2, -0.15) is 10.2 Å². The molecular weight excluding hydrogens is 365 g/mol. The average molecular weight is 383 g/mol. The number of hydrogen-bond donors (Lipinski definition) is 2. The summed E-state index contributed by atoms with van der Waals surface area (Å²) in [5, 5.41) is 19.8. The molecule has 2 N–H and O–H groups in total. The highest BCUT2D eigenvalue weighted by Crippen LogP contribution is 2.29. The number of fused-ring (bicyclic) bond motifs is 1. The molecule has 0 spiro atoms. The topological polar surface area (TPSA) is 102 Å². The molecule has 28 heavy (non-hydrogen) atoms. The fraction of sp³-hybridized carbons (Fsp3) is 0.263. The van der Waals surface area contributed by atoms with Crippen molar-refractivity contribution in [2.24, 2.45) is 0 Å². The van der Waals surface area contributed by atoms with Gasteiger partial charge in [0.1, 0.15) is 18.0 Å². The monoisotopic (exact) mass is 383 g/mol. The molecule has 0 saturated carbocycles. The van der Waals surface area contributed by atoms with Crippen molar-refractivity contribution in [3.63, 3.8) is 0 Å². The van der Waals surface area contributed by atoms with Gasteiger partial charge in [-0.05, 0) is 43.9 Å². The Labute approximate surface area is 159 Å². The Kier molecular flexibility index (Phi) is 4.42. The Morgan fingerprint density at radius 1 is 1.25 bits per heavy atom. The van der Waals surface area contributed by atoms with Gasteiger partial charge in [-0.15, -0.1) is 0 Å². The van der Waals surface area contributed by atoms with Crippen molar-refractivity contribution in [3.05, 3.63) is 58.8 Å². The van der Waals surface area contributed by atoms with Crippen molar-refractivity contribution >= 4 is 17.7 Å². The lowest BCUT2D eigenvalue weighted by Crippen LogP contribution is -2.16. The number of halogens is 1. The molecule has 1 aliphatic rings. The molecule has 0 fully saturated rings. The van der Waals surface area contributed by atoms with E-state index in [1.165, 1.54) is 27.7 Å². The van der Waals surface area contributed by atoms with Crippen LogP contribution in [0.25, 0.3) is 5.69 Å². The Bertz CT molecular complexity index is 1090. The Balaban J connectivity index is 1.64. The van der Waals surface area contributed by atoms with Crippen LogP contribution in [0, 0.1) is 12.7 Å². The maximum Gasteiger partial charge on any atom is 0.325 e. The predicted octanol–water partition coefficient (Wildman–Crippen LogP) is 2.34. The van der Waals surface area contributed by atoms with Gasteiger partial charge < -0.3 is 10.4 Å². The van der Waals surface area contributed by atoms with Crippen LogP contribution in [-0.2, 0) is 24.2 Å². The summed E-state index contributed by atoms with van der Waals surface area (Å²) < 4.78 is 17.2. The summed E-state index contributed by atoms with van der Waals surface area (Å²) in [4.78, 5) is 23.5. The minimum atomic E-state index is -1.03. The molecule has 0 radical (unpaired) electrons. The molecule has 2 heterocycles. The molecule has 1 amide bonds. The van der Waals surface area contributed by atoms with Crippen LogP contribution in [0.15, 0.2) is 30.5 Å². The van der Waals surface area contributed by atoms with Gasteiger partial charge in [-0.25, -0.2) is 9.07 Å². The molecule has 1 aromatic carbocycles. The highest BCUT2D eigenvalue weighted by atomic mass is 19.1. The summed E-state index contributed by atoms with van der Waals surface area (Å²) in [7, 11) is 0. The zero-order valence-corrected chi connectivity index (χ0v) is 15.1. The number of benzene rings is 1. The van der Waals surface area contributed by atoms with E-state index in [-0.39, 0.29) is 18.1 Å². The smallest absolute Gasteiger partial charge is 0.325 e. The molecule has 0 unspecified atom stereocenters. The fourth-order valence-electron chi connectivity index (χ4n) is 3.43. The molecule has 3 aromatic rings. The van der Waals surface area contributed by atoms with Crippen LogP contribution in [0.4, 0.5) is 10.2 Å². The van der Waals surface area contributed by atoms with Gasteiger partial charge in [0.15, 0.2) is 11.5 Å². The number of nitrogens with one attached hydrogen (secondary N) is 1. The molecule has 0 bridgehead atoms. The van der Waals surface area contributed by atoms with Crippen LogP contribution in [0.3, 0.4) is 0 Å². The normalized spacial score (nSPS) is 12.8. The van der Waals surface area contributed by atoms with Gasteiger partial charge in [-0.1, -0.05) is 6.07 Å². The maximum absolute atomic E-state index is 14.4. The van der Waals surface area contributed by atoms with Gasteiger partial charge in [0, 0.05) is 23.5 Å². The van der Waals surface area contributed by atoms with Crippen LogP contribution >= 0.6 is 0 Å². The number of anilines is 1. The number of carbonyl (C=O) groups excluding carboxylic acids is 1. The third-order valence-electron chi connectivity index (χ3n) is 4.66. The van der Waals surface area contributed by atoms with Gasteiger partial charge in [0.25, 0.3) is 5.91 Å². The van der Waals surface area contributed by atoms with Crippen molar-refractivity contribution in [3.8, 4) is 5.69 Å². The van der Waals surface area contributed by atoms with E-state index in [2.05, 4.69) is 15.5 Å². The zero-order chi connectivity index (χ0) is 19.8. The number of carbonyl (C=O) groups is 2. The second kappa shape index (κ2) is 6.91. The largest absolute Gasteiger partial charge is 0.480 e. The van der Waals surface area contributed by atoms with Crippen molar-refractivity contribution < 1.29 is 19.1 Å². The lowest BCUT2D eigenvalue weighted by molar-refractivity contribution is -0.137. The minimum absolute atomic E-state index is 0.231. The van der Waals surface area contributed by atoms with Crippen molar-refractivity contribution in [1.29, 1.82) is 0 Å². The Morgan fingerprint density at radius 3 is 2.82 bits per heavy atom. The maximum atomic E-state index is 14.4. The van der Waals surface area contributed by atoms with Crippen LogP contribution in [-0.4, -0.2) is 36.5 Å². The molecule has 0 saturated heterocycles. The van der Waals surface area contributed by atoms with Crippen LogP contribution in [0.2, 0.25) is 0 Å². The SMILES string of the molecule is Cc1ccc(-n2nc(C(=O)Nc3ccn(CC(=O)O)n3)c3c2CCC3)c(F)c1. The second-order valence-electron chi connectivity index (χ2n) is 6.74. The molecular formula is C19H18FN5O3. The molecule has 144 valence electrons. The molecule has 1 aliphatic carbocycles. The van der Waals surface area contributed by atoms with Gasteiger partial charge in [0.05, 0.1) is 0 Å². The first kappa shape index (κ1) is 17.9. The fourth-order valence-corrected chi connectivity index (χ4v) is 3.43. The number of carboxylic acid groups (broad SMARTS) is 1. The van der Waals surface area contributed by atoms with Crippen molar-refractivity contribution in [2.45, 2.75) is 32.7 Å². The first-order valence-corrected chi connectivity index (χ1v) is 8.86. The third kappa shape index (κ3) is 3.26. The summed E-state index contributed by atoms with van der Waals surface area (Å²) in [5.41, 5.74) is 3.00. The quantitative estimate of drug-likeness (QED) is 0.704. The molecule has 0 atom stereocenters. The van der Waals surface area contributed by atoms with E-state index in [4.69, 9.17) is 5.11 Å². The highest BCUT2D eigenvalue weighted by molar-refractivity contribution is 6.03. The number of aliphatic carboxylic acids is 1. The van der Waals surface area contributed by atoms with E-state index < -0.39 is 17.7 Å². The number of aromatic nitrogens is 4. The lowest BCUT2D eigenvalue weighted by atomic mass is 10.2. The first-order valence-electron chi connectivity index (χ1n) is 8.86. The molecule has 8 nitrogen and oxygen atoms in total. The summed E-state index contributed by atoms with van der Waals surface area (Å²) in [5.74, 6) is -1.65. The minimum Gasteiger partial charge on any atom is -0.480 e. The van der Waals surface area contributed by atoms with Crippen molar-refractivity contribution in [2.75, 3.05) is 5.32 Å². The zero-order valence-electron chi connectivity index (χ0n) is 15.1. The second-order valence-corrected chi connectivity index (χ2v) is 6.74. The number of carboxylic acids is 1. The van der Waals surface area contributed by atoms with Gasteiger partial charge in [0.2, 0.25) is 0 Å². The van der Waals surface area contributed by atoms with E-state index in [0.717, 1.165) is 29.7 Å².